The molecule has 1 aliphatic carbocycles. The maximum absolute atomic E-state index is 6.08. The van der Waals surface area contributed by atoms with E-state index in [9.17, 15) is 0 Å². The summed E-state index contributed by atoms with van der Waals surface area (Å²) in [6, 6.07) is 2.08. The molecule has 2 unspecified atom stereocenters. The summed E-state index contributed by atoms with van der Waals surface area (Å²) in [4.78, 5) is 8.67. The molecule has 2 aromatic rings. The molecule has 0 amide bonds. The minimum absolute atomic E-state index is 0.149. The summed E-state index contributed by atoms with van der Waals surface area (Å²) in [5.41, 5.74) is 8.21. The average molecular weight is 258 g/mol. The molecule has 1 aliphatic rings. The Hall–Kier alpha value is -1.75. The zero-order chi connectivity index (χ0) is 13.2. The molecular weight excluding hydrogens is 240 g/mol. The van der Waals surface area contributed by atoms with Crippen LogP contribution in [0, 0.1) is 0 Å². The number of nitrogens with two attached hydrogens (primary N) is 1. The van der Waals surface area contributed by atoms with Crippen LogP contribution < -0.4 is 5.73 Å². The molecule has 2 heterocycles. The van der Waals surface area contributed by atoms with Crippen LogP contribution in [0.1, 0.15) is 43.6 Å². The Bertz CT molecular complexity index is 566. The van der Waals surface area contributed by atoms with Crippen LogP contribution in [0.3, 0.4) is 0 Å². The molecule has 1 saturated carbocycles. The van der Waals surface area contributed by atoms with Crippen LogP contribution in [0.25, 0.3) is 11.4 Å². The Balaban J connectivity index is 1.92. The van der Waals surface area contributed by atoms with Crippen molar-refractivity contribution in [3.63, 3.8) is 0 Å². The fraction of sp³-hybridized carbons (Fsp3) is 0.500. The van der Waals surface area contributed by atoms with Gasteiger partial charge in [0.2, 0.25) is 11.7 Å². The number of aromatic nitrogens is 3. The molecule has 100 valence electrons. The third kappa shape index (κ3) is 2.26. The van der Waals surface area contributed by atoms with E-state index < -0.39 is 0 Å². The minimum atomic E-state index is 0.149. The molecule has 2 aromatic heterocycles. The SMILES string of the molecule is CCc1cnccc1-c1noc(C2CCCC2N)n1. The molecule has 0 spiro atoms. The lowest BCUT2D eigenvalue weighted by molar-refractivity contribution is 0.345. The fourth-order valence-electron chi connectivity index (χ4n) is 2.72. The van der Waals surface area contributed by atoms with E-state index in [1.54, 1.807) is 6.20 Å². The summed E-state index contributed by atoms with van der Waals surface area (Å²) in [6.07, 6.45) is 7.73. The molecule has 3 rings (SSSR count). The van der Waals surface area contributed by atoms with E-state index in [1.165, 1.54) is 0 Å². The summed E-state index contributed by atoms with van der Waals surface area (Å²) in [6.45, 7) is 2.09. The van der Waals surface area contributed by atoms with Gasteiger partial charge in [-0.25, -0.2) is 0 Å². The van der Waals surface area contributed by atoms with Crippen molar-refractivity contribution in [1.82, 2.24) is 15.1 Å². The summed E-state index contributed by atoms with van der Waals surface area (Å²) in [7, 11) is 0. The first-order valence-corrected chi connectivity index (χ1v) is 6.82. The molecule has 5 heteroatoms. The van der Waals surface area contributed by atoms with Gasteiger partial charge in [-0.1, -0.05) is 18.5 Å². The first kappa shape index (κ1) is 12.3. The van der Waals surface area contributed by atoms with Gasteiger partial charge in [-0.2, -0.15) is 4.98 Å². The van der Waals surface area contributed by atoms with Crippen molar-refractivity contribution in [3.05, 3.63) is 29.9 Å². The second-order valence-electron chi connectivity index (χ2n) is 5.04. The van der Waals surface area contributed by atoms with Crippen LogP contribution >= 0.6 is 0 Å². The molecule has 2 N–H and O–H groups in total. The molecular formula is C14H18N4O. The first-order chi connectivity index (χ1) is 9.29. The van der Waals surface area contributed by atoms with Gasteiger partial charge in [0.1, 0.15) is 0 Å². The predicted molar refractivity (Wildman–Crippen MR) is 71.5 cm³/mol. The number of hydrogen-bond donors (Lipinski definition) is 1. The lowest BCUT2D eigenvalue weighted by Gasteiger charge is -2.08. The van der Waals surface area contributed by atoms with Crippen molar-refractivity contribution in [3.8, 4) is 11.4 Å². The minimum Gasteiger partial charge on any atom is -0.339 e. The second kappa shape index (κ2) is 5.09. The van der Waals surface area contributed by atoms with Gasteiger partial charge < -0.3 is 10.3 Å². The zero-order valence-electron chi connectivity index (χ0n) is 11.0. The topological polar surface area (TPSA) is 77.8 Å². The van der Waals surface area contributed by atoms with Gasteiger partial charge in [-0.15, -0.1) is 0 Å². The number of hydrogen-bond acceptors (Lipinski definition) is 5. The molecule has 19 heavy (non-hydrogen) atoms. The zero-order valence-corrected chi connectivity index (χ0v) is 11.0. The number of aryl methyl sites for hydroxylation is 1. The Kier molecular flexibility index (Phi) is 3.29. The number of rotatable bonds is 3. The smallest absolute Gasteiger partial charge is 0.231 e. The first-order valence-electron chi connectivity index (χ1n) is 6.82. The highest BCUT2D eigenvalue weighted by Crippen LogP contribution is 2.33. The van der Waals surface area contributed by atoms with Gasteiger partial charge in [0.15, 0.2) is 0 Å². The van der Waals surface area contributed by atoms with E-state index in [1.807, 2.05) is 12.3 Å². The highest BCUT2D eigenvalue weighted by Gasteiger charge is 2.30. The van der Waals surface area contributed by atoms with Gasteiger partial charge in [-0.3, -0.25) is 4.98 Å². The number of nitrogens with zero attached hydrogens (tertiary/aromatic N) is 3. The summed E-state index contributed by atoms with van der Waals surface area (Å²) in [5, 5.41) is 4.10. The highest BCUT2D eigenvalue weighted by molar-refractivity contribution is 5.58. The van der Waals surface area contributed by atoms with Crippen LogP contribution in [-0.2, 0) is 6.42 Å². The molecule has 2 atom stereocenters. The van der Waals surface area contributed by atoms with Gasteiger partial charge in [0.05, 0.1) is 5.92 Å². The molecule has 0 bridgehead atoms. The predicted octanol–water partition coefficient (Wildman–Crippen LogP) is 2.29. The quantitative estimate of drug-likeness (QED) is 0.913. The van der Waals surface area contributed by atoms with E-state index in [4.69, 9.17) is 10.3 Å². The van der Waals surface area contributed by atoms with Gasteiger partial charge in [0, 0.05) is 24.0 Å². The lowest BCUT2D eigenvalue weighted by atomic mass is 10.0. The monoisotopic (exact) mass is 258 g/mol. The van der Waals surface area contributed by atoms with Crippen molar-refractivity contribution in [2.24, 2.45) is 5.73 Å². The van der Waals surface area contributed by atoms with E-state index in [-0.39, 0.29) is 12.0 Å². The molecule has 5 nitrogen and oxygen atoms in total. The normalized spacial score (nSPS) is 22.8. The van der Waals surface area contributed by atoms with Crippen molar-refractivity contribution < 1.29 is 4.52 Å². The fourth-order valence-corrected chi connectivity index (χ4v) is 2.72. The molecule has 0 aromatic carbocycles. The van der Waals surface area contributed by atoms with Gasteiger partial charge in [0.25, 0.3) is 0 Å². The van der Waals surface area contributed by atoms with Crippen LogP contribution in [0.4, 0.5) is 0 Å². The summed E-state index contributed by atoms with van der Waals surface area (Å²) in [5.74, 6) is 1.54. The highest BCUT2D eigenvalue weighted by atomic mass is 16.5. The maximum Gasteiger partial charge on any atom is 0.231 e. The third-order valence-electron chi connectivity index (χ3n) is 3.85. The van der Waals surface area contributed by atoms with Crippen LogP contribution in [0.2, 0.25) is 0 Å². The standard InChI is InChI=1S/C14H18N4O/c1-2-9-8-16-7-6-10(9)13-17-14(19-18-13)11-4-3-5-12(11)15/h6-8,11-12H,2-5,15H2,1H3. The van der Waals surface area contributed by atoms with E-state index in [0.717, 1.165) is 36.8 Å². The molecule has 1 fully saturated rings. The largest absolute Gasteiger partial charge is 0.339 e. The van der Waals surface area contributed by atoms with Crippen molar-refractivity contribution in [1.29, 1.82) is 0 Å². The van der Waals surface area contributed by atoms with Crippen molar-refractivity contribution in [2.75, 3.05) is 0 Å². The second-order valence-corrected chi connectivity index (χ2v) is 5.04. The summed E-state index contributed by atoms with van der Waals surface area (Å²) >= 11 is 0. The Morgan fingerprint density at radius 2 is 2.32 bits per heavy atom. The Labute approximate surface area is 112 Å². The Morgan fingerprint density at radius 1 is 1.42 bits per heavy atom. The van der Waals surface area contributed by atoms with Crippen molar-refractivity contribution >= 4 is 0 Å². The summed E-state index contributed by atoms with van der Waals surface area (Å²) < 4.78 is 5.41. The molecule has 0 radical (unpaired) electrons. The van der Waals surface area contributed by atoms with E-state index in [0.29, 0.717) is 11.7 Å². The molecule has 0 saturated heterocycles. The maximum atomic E-state index is 6.08. The molecule has 0 aliphatic heterocycles. The van der Waals surface area contributed by atoms with Gasteiger partial charge >= 0.3 is 0 Å². The van der Waals surface area contributed by atoms with E-state index in [2.05, 4.69) is 22.0 Å². The van der Waals surface area contributed by atoms with Crippen LogP contribution in [-0.4, -0.2) is 21.2 Å². The van der Waals surface area contributed by atoms with Crippen LogP contribution in [0.5, 0.6) is 0 Å². The van der Waals surface area contributed by atoms with E-state index >= 15 is 0 Å². The third-order valence-corrected chi connectivity index (χ3v) is 3.85. The van der Waals surface area contributed by atoms with Gasteiger partial charge in [-0.05, 0) is 30.9 Å². The lowest BCUT2D eigenvalue weighted by Crippen LogP contribution is -2.22. The van der Waals surface area contributed by atoms with Crippen LogP contribution in [0.15, 0.2) is 23.0 Å². The number of pyridine rings is 1. The average Bonchev–Trinajstić information content (AvgIpc) is 3.07. The van der Waals surface area contributed by atoms with Crippen molar-refractivity contribution in [2.45, 2.75) is 44.6 Å². The Morgan fingerprint density at radius 3 is 3.05 bits per heavy atom.